The second-order valence-electron chi connectivity index (χ2n) is 5.93. The Kier molecular flexibility index (Phi) is 3.92. The third-order valence-electron chi connectivity index (χ3n) is 4.42. The summed E-state index contributed by atoms with van der Waals surface area (Å²) in [5.41, 5.74) is 3.23. The molecule has 1 amide bonds. The number of hydrogen-bond acceptors (Lipinski definition) is 3. The lowest BCUT2D eigenvalue weighted by molar-refractivity contribution is -0.137. The summed E-state index contributed by atoms with van der Waals surface area (Å²) < 4.78 is 0. The Bertz CT molecular complexity index is 571. The van der Waals surface area contributed by atoms with Crippen LogP contribution in [0.3, 0.4) is 0 Å². The first-order valence-electron chi connectivity index (χ1n) is 7.47. The quantitative estimate of drug-likeness (QED) is 0.883. The van der Waals surface area contributed by atoms with E-state index in [0.717, 1.165) is 31.6 Å². The molecule has 1 fully saturated rings. The predicted octanol–water partition coefficient (Wildman–Crippen LogP) is 1.62. The van der Waals surface area contributed by atoms with E-state index in [1.165, 1.54) is 11.1 Å². The average Bonchev–Trinajstić information content (AvgIpc) is 3.12. The second-order valence-corrected chi connectivity index (χ2v) is 5.93. The largest absolute Gasteiger partial charge is 0.481 e. The van der Waals surface area contributed by atoms with Crippen LogP contribution < -0.4 is 5.32 Å². The van der Waals surface area contributed by atoms with Crippen molar-refractivity contribution in [3.63, 3.8) is 0 Å². The van der Waals surface area contributed by atoms with E-state index in [9.17, 15) is 9.59 Å². The summed E-state index contributed by atoms with van der Waals surface area (Å²) in [4.78, 5) is 25.0. The molecule has 1 aromatic rings. The summed E-state index contributed by atoms with van der Waals surface area (Å²) in [5, 5.41) is 12.0. The number of carboxylic acids is 1. The Balaban J connectivity index is 1.62. The number of amides is 1. The lowest BCUT2D eigenvalue weighted by Gasteiger charge is -2.17. The first kappa shape index (κ1) is 14.1. The molecule has 1 atom stereocenters. The van der Waals surface area contributed by atoms with Gasteiger partial charge in [-0.15, -0.1) is 0 Å². The second kappa shape index (κ2) is 5.85. The van der Waals surface area contributed by atoms with Crippen molar-refractivity contribution < 1.29 is 14.7 Å². The SMILES string of the molecule is O=C(O)CCC1CCN(C(=O)c2ccc3c(c2)CNC3)C1. The summed E-state index contributed by atoms with van der Waals surface area (Å²) >= 11 is 0. The van der Waals surface area contributed by atoms with Crippen LogP contribution in [0.25, 0.3) is 0 Å². The molecule has 2 aliphatic rings. The summed E-state index contributed by atoms with van der Waals surface area (Å²) in [6.07, 6.45) is 1.76. The molecule has 1 unspecified atom stereocenters. The van der Waals surface area contributed by atoms with Gasteiger partial charge in [-0.2, -0.15) is 0 Å². The highest BCUT2D eigenvalue weighted by atomic mass is 16.4. The van der Waals surface area contributed by atoms with Crippen molar-refractivity contribution in [1.29, 1.82) is 0 Å². The third kappa shape index (κ3) is 3.08. The standard InChI is InChI=1S/C16H20N2O3/c19-15(20)4-1-11-5-6-18(10-11)16(21)12-2-3-13-8-17-9-14(13)7-12/h2-3,7,11,17H,1,4-6,8-10H2,(H,19,20). The molecule has 5 nitrogen and oxygen atoms in total. The Morgan fingerprint density at radius 2 is 2.10 bits per heavy atom. The highest BCUT2D eigenvalue weighted by Crippen LogP contribution is 2.24. The van der Waals surface area contributed by atoms with Crippen LogP contribution in [0.1, 0.15) is 40.7 Å². The number of benzene rings is 1. The van der Waals surface area contributed by atoms with Gasteiger partial charge in [0.1, 0.15) is 0 Å². The Morgan fingerprint density at radius 3 is 2.90 bits per heavy atom. The van der Waals surface area contributed by atoms with E-state index >= 15 is 0 Å². The zero-order valence-corrected chi connectivity index (χ0v) is 12.0. The molecule has 0 aliphatic carbocycles. The zero-order chi connectivity index (χ0) is 14.8. The molecule has 3 rings (SSSR count). The van der Waals surface area contributed by atoms with Gasteiger partial charge in [0.2, 0.25) is 0 Å². The van der Waals surface area contributed by atoms with Gasteiger partial charge in [-0.3, -0.25) is 9.59 Å². The number of likely N-dealkylation sites (tertiary alicyclic amines) is 1. The van der Waals surface area contributed by atoms with Gasteiger partial charge in [0.15, 0.2) is 0 Å². The van der Waals surface area contributed by atoms with Gasteiger partial charge < -0.3 is 15.3 Å². The predicted molar refractivity (Wildman–Crippen MR) is 77.9 cm³/mol. The summed E-state index contributed by atoms with van der Waals surface area (Å²) in [6.45, 7) is 3.13. The highest BCUT2D eigenvalue weighted by Gasteiger charge is 2.27. The van der Waals surface area contributed by atoms with Gasteiger partial charge in [-0.05, 0) is 42.0 Å². The number of carboxylic acid groups (broad SMARTS) is 1. The van der Waals surface area contributed by atoms with Crippen molar-refractivity contribution in [2.45, 2.75) is 32.4 Å². The first-order chi connectivity index (χ1) is 10.1. The van der Waals surface area contributed by atoms with E-state index in [1.54, 1.807) is 0 Å². The Hall–Kier alpha value is -1.88. The van der Waals surface area contributed by atoms with Crippen LogP contribution in [-0.2, 0) is 17.9 Å². The molecule has 0 spiro atoms. The molecule has 21 heavy (non-hydrogen) atoms. The molecule has 1 saturated heterocycles. The monoisotopic (exact) mass is 288 g/mol. The van der Waals surface area contributed by atoms with E-state index in [1.807, 2.05) is 23.1 Å². The van der Waals surface area contributed by atoms with Crippen LogP contribution in [0.4, 0.5) is 0 Å². The zero-order valence-electron chi connectivity index (χ0n) is 12.0. The van der Waals surface area contributed by atoms with Crippen LogP contribution >= 0.6 is 0 Å². The van der Waals surface area contributed by atoms with E-state index in [4.69, 9.17) is 5.11 Å². The van der Waals surface area contributed by atoms with Crippen LogP contribution in [0.15, 0.2) is 18.2 Å². The maximum atomic E-state index is 12.5. The molecule has 2 N–H and O–H groups in total. The average molecular weight is 288 g/mol. The number of fused-ring (bicyclic) bond motifs is 1. The number of aliphatic carboxylic acids is 1. The highest BCUT2D eigenvalue weighted by molar-refractivity contribution is 5.94. The number of hydrogen-bond donors (Lipinski definition) is 2. The van der Waals surface area contributed by atoms with Gasteiger partial charge in [-0.25, -0.2) is 0 Å². The van der Waals surface area contributed by atoms with Crippen molar-refractivity contribution in [3.05, 3.63) is 34.9 Å². The van der Waals surface area contributed by atoms with Gasteiger partial charge in [0.05, 0.1) is 0 Å². The van der Waals surface area contributed by atoms with Gasteiger partial charge in [0.25, 0.3) is 5.91 Å². The number of carbonyl (C=O) groups is 2. The minimum atomic E-state index is -0.758. The van der Waals surface area contributed by atoms with E-state index in [0.29, 0.717) is 18.9 Å². The van der Waals surface area contributed by atoms with Gasteiger partial charge in [0, 0.05) is 38.2 Å². The summed E-state index contributed by atoms with van der Waals surface area (Å²) in [5.74, 6) is -0.366. The fourth-order valence-electron chi connectivity index (χ4n) is 3.19. The van der Waals surface area contributed by atoms with Crippen molar-refractivity contribution in [2.75, 3.05) is 13.1 Å². The number of carbonyl (C=O) groups excluding carboxylic acids is 1. The Labute approximate surface area is 123 Å². The maximum absolute atomic E-state index is 12.5. The third-order valence-corrected chi connectivity index (χ3v) is 4.42. The molecule has 0 aromatic heterocycles. The molecule has 5 heteroatoms. The van der Waals surface area contributed by atoms with Crippen LogP contribution in [0, 0.1) is 5.92 Å². The number of nitrogens with zero attached hydrogens (tertiary/aromatic N) is 1. The lowest BCUT2D eigenvalue weighted by Crippen LogP contribution is -2.28. The van der Waals surface area contributed by atoms with Crippen LogP contribution in [0.2, 0.25) is 0 Å². The van der Waals surface area contributed by atoms with E-state index in [2.05, 4.69) is 5.32 Å². The van der Waals surface area contributed by atoms with Crippen LogP contribution in [0.5, 0.6) is 0 Å². The number of rotatable bonds is 4. The minimum absolute atomic E-state index is 0.0718. The maximum Gasteiger partial charge on any atom is 0.303 e. The molecule has 112 valence electrons. The Morgan fingerprint density at radius 1 is 1.29 bits per heavy atom. The minimum Gasteiger partial charge on any atom is -0.481 e. The molecular weight excluding hydrogens is 268 g/mol. The van der Waals surface area contributed by atoms with E-state index < -0.39 is 5.97 Å². The normalized spacial score (nSPS) is 20.6. The van der Waals surface area contributed by atoms with Gasteiger partial charge in [-0.1, -0.05) is 6.07 Å². The number of nitrogens with one attached hydrogen (secondary N) is 1. The molecule has 1 aromatic carbocycles. The van der Waals surface area contributed by atoms with Crippen LogP contribution in [-0.4, -0.2) is 35.0 Å². The fourth-order valence-corrected chi connectivity index (χ4v) is 3.19. The molecule has 0 bridgehead atoms. The molecule has 0 saturated carbocycles. The lowest BCUT2D eigenvalue weighted by atomic mass is 10.0. The summed E-state index contributed by atoms with van der Waals surface area (Å²) in [7, 11) is 0. The molecular formula is C16H20N2O3. The van der Waals surface area contributed by atoms with Crippen molar-refractivity contribution in [1.82, 2.24) is 10.2 Å². The molecule has 2 heterocycles. The molecule has 0 radical (unpaired) electrons. The fraction of sp³-hybridized carbons (Fsp3) is 0.500. The van der Waals surface area contributed by atoms with Crippen molar-refractivity contribution >= 4 is 11.9 Å². The molecule has 2 aliphatic heterocycles. The first-order valence-corrected chi connectivity index (χ1v) is 7.47. The smallest absolute Gasteiger partial charge is 0.303 e. The summed E-state index contributed by atoms with van der Waals surface area (Å²) in [6, 6.07) is 5.92. The van der Waals surface area contributed by atoms with Crippen molar-refractivity contribution in [2.24, 2.45) is 5.92 Å². The van der Waals surface area contributed by atoms with E-state index in [-0.39, 0.29) is 12.3 Å². The van der Waals surface area contributed by atoms with Crippen molar-refractivity contribution in [3.8, 4) is 0 Å². The topological polar surface area (TPSA) is 69.6 Å². The van der Waals surface area contributed by atoms with Gasteiger partial charge >= 0.3 is 5.97 Å².